The molecular weight excluding hydrogens is 224 g/mol. The van der Waals surface area contributed by atoms with E-state index >= 15 is 0 Å². The van der Waals surface area contributed by atoms with E-state index in [1.165, 1.54) is 11.3 Å². The van der Waals surface area contributed by atoms with Crippen molar-refractivity contribution in [2.24, 2.45) is 0 Å². The maximum atomic E-state index is 4.67. The normalized spacial score (nSPS) is 15.3. The summed E-state index contributed by atoms with van der Waals surface area (Å²) in [5, 5.41) is 4.67. The minimum Gasteiger partial charge on any atom is -0.291 e. The van der Waals surface area contributed by atoms with Crippen molar-refractivity contribution < 1.29 is 0 Å². The Morgan fingerprint density at radius 1 is 1.28 bits per heavy atom. The lowest BCUT2D eigenvalue weighted by molar-refractivity contribution is 0.224. The van der Waals surface area contributed by atoms with Crippen LogP contribution in [-0.2, 0) is 13.1 Å². The SMILES string of the molecule is Cc1cccnc1-n1cc2c(n1)CN(C(C)C)C2. The van der Waals surface area contributed by atoms with Crippen molar-refractivity contribution in [2.75, 3.05) is 0 Å². The van der Waals surface area contributed by atoms with Gasteiger partial charge in [-0.05, 0) is 32.4 Å². The maximum Gasteiger partial charge on any atom is 0.156 e. The quantitative estimate of drug-likeness (QED) is 0.810. The first-order valence-corrected chi connectivity index (χ1v) is 6.38. The van der Waals surface area contributed by atoms with Crippen molar-refractivity contribution >= 4 is 0 Å². The van der Waals surface area contributed by atoms with Gasteiger partial charge >= 0.3 is 0 Å². The van der Waals surface area contributed by atoms with Crippen molar-refractivity contribution in [1.82, 2.24) is 19.7 Å². The smallest absolute Gasteiger partial charge is 0.156 e. The van der Waals surface area contributed by atoms with Gasteiger partial charge in [-0.15, -0.1) is 0 Å². The Kier molecular flexibility index (Phi) is 2.67. The molecule has 94 valence electrons. The number of rotatable bonds is 2. The van der Waals surface area contributed by atoms with Gasteiger partial charge in [0.25, 0.3) is 0 Å². The topological polar surface area (TPSA) is 34.0 Å². The van der Waals surface area contributed by atoms with Gasteiger partial charge in [0.05, 0.1) is 5.69 Å². The standard InChI is InChI=1S/C14H18N4/c1-10(2)17-7-12-8-18(16-13(12)9-17)14-11(3)5-4-6-15-14/h4-6,8,10H,7,9H2,1-3H3. The highest BCUT2D eigenvalue weighted by Crippen LogP contribution is 2.24. The molecule has 2 aromatic rings. The molecule has 0 N–H and O–H groups in total. The van der Waals surface area contributed by atoms with E-state index < -0.39 is 0 Å². The van der Waals surface area contributed by atoms with Crippen LogP contribution in [0.1, 0.15) is 30.7 Å². The second-order valence-electron chi connectivity index (χ2n) is 5.19. The van der Waals surface area contributed by atoms with Gasteiger partial charge in [0.1, 0.15) is 0 Å². The molecule has 0 atom stereocenters. The predicted molar refractivity (Wildman–Crippen MR) is 70.5 cm³/mol. The predicted octanol–water partition coefficient (Wildman–Crippen LogP) is 2.30. The van der Waals surface area contributed by atoms with Gasteiger partial charge in [-0.1, -0.05) is 6.07 Å². The van der Waals surface area contributed by atoms with Gasteiger partial charge in [0, 0.05) is 37.1 Å². The summed E-state index contributed by atoms with van der Waals surface area (Å²) in [4.78, 5) is 6.83. The van der Waals surface area contributed by atoms with Crippen molar-refractivity contribution in [3.63, 3.8) is 0 Å². The summed E-state index contributed by atoms with van der Waals surface area (Å²) in [6.45, 7) is 8.46. The second-order valence-corrected chi connectivity index (χ2v) is 5.19. The molecule has 18 heavy (non-hydrogen) atoms. The average molecular weight is 242 g/mol. The number of aromatic nitrogens is 3. The van der Waals surface area contributed by atoms with Crippen LogP contribution in [0.3, 0.4) is 0 Å². The molecule has 4 nitrogen and oxygen atoms in total. The lowest BCUT2D eigenvalue weighted by Crippen LogP contribution is -2.25. The van der Waals surface area contributed by atoms with Crippen LogP contribution in [0.25, 0.3) is 5.82 Å². The highest BCUT2D eigenvalue weighted by Gasteiger charge is 2.24. The van der Waals surface area contributed by atoms with E-state index in [0.29, 0.717) is 6.04 Å². The van der Waals surface area contributed by atoms with Crippen LogP contribution in [0.2, 0.25) is 0 Å². The highest BCUT2D eigenvalue weighted by molar-refractivity contribution is 5.34. The summed E-state index contributed by atoms with van der Waals surface area (Å²) in [5.41, 5.74) is 3.67. The molecule has 0 saturated heterocycles. The minimum absolute atomic E-state index is 0.573. The molecule has 0 amide bonds. The molecule has 0 aliphatic carbocycles. The number of nitrogens with zero attached hydrogens (tertiary/aromatic N) is 4. The fourth-order valence-corrected chi connectivity index (χ4v) is 2.37. The zero-order valence-electron chi connectivity index (χ0n) is 11.1. The zero-order chi connectivity index (χ0) is 12.7. The summed E-state index contributed by atoms with van der Waals surface area (Å²) in [5.74, 6) is 0.933. The summed E-state index contributed by atoms with van der Waals surface area (Å²) in [6, 6.07) is 4.59. The maximum absolute atomic E-state index is 4.67. The molecule has 0 unspecified atom stereocenters. The molecule has 2 aromatic heterocycles. The molecule has 1 aliphatic rings. The number of pyridine rings is 1. The second kappa shape index (κ2) is 4.21. The fraction of sp³-hybridized carbons (Fsp3) is 0.429. The summed E-state index contributed by atoms with van der Waals surface area (Å²) in [7, 11) is 0. The van der Waals surface area contributed by atoms with Crippen molar-refractivity contribution in [2.45, 2.75) is 39.9 Å². The number of aryl methyl sites for hydroxylation is 1. The Morgan fingerprint density at radius 3 is 2.78 bits per heavy atom. The first-order chi connectivity index (χ1) is 8.65. The van der Waals surface area contributed by atoms with Gasteiger partial charge < -0.3 is 0 Å². The van der Waals surface area contributed by atoms with Gasteiger partial charge in [-0.25, -0.2) is 9.67 Å². The Hall–Kier alpha value is -1.68. The Labute approximate surface area is 107 Å². The van der Waals surface area contributed by atoms with E-state index in [1.54, 1.807) is 0 Å². The summed E-state index contributed by atoms with van der Waals surface area (Å²) in [6.07, 6.45) is 3.93. The third-order valence-corrected chi connectivity index (χ3v) is 3.53. The van der Waals surface area contributed by atoms with E-state index in [1.807, 2.05) is 16.9 Å². The van der Waals surface area contributed by atoms with Crippen LogP contribution in [-0.4, -0.2) is 25.7 Å². The number of hydrogen-bond acceptors (Lipinski definition) is 3. The molecule has 0 saturated carbocycles. The minimum atomic E-state index is 0.573. The van der Waals surface area contributed by atoms with Crippen molar-refractivity contribution in [3.8, 4) is 5.82 Å². The molecule has 0 spiro atoms. The average Bonchev–Trinajstić information content (AvgIpc) is 2.87. The Balaban J connectivity index is 1.92. The lowest BCUT2D eigenvalue weighted by Gasteiger charge is -2.19. The van der Waals surface area contributed by atoms with Crippen molar-refractivity contribution in [3.05, 3.63) is 41.3 Å². The molecule has 3 rings (SSSR count). The molecule has 0 fully saturated rings. The van der Waals surface area contributed by atoms with Crippen LogP contribution in [0.5, 0.6) is 0 Å². The monoisotopic (exact) mass is 242 g/mol. The first kappa shape index (κ1) is 11.4. The number of hydrogen-bond donors (Lipinski definition) is 0. The highest BCUT2D eigenvalue weighted by atomic mass is 15.3. The Bertz CT molecular complexity index is 547. The lowest BCUT2D eigenvalue weighted by atomic mass is 10.3. The molecule has 0 aromatic carbocycles. The molecule has 4 heteroatoms. The van der Waals surface area contributed by atoms with Gasteiger partial charge in [-0.2, -0.15) is 5.10 Å². The van der Waals surface area contributed by atoms with E-state index in [2.05, 4.69) is 48.0 Å². The molecular formula is C14H18N4. The fourth-order valence-electron chi connectivity index (χ4n) is 2.37. The Morgan fingerprint density at radius 2 is 2.11 bits per heavy atom. The van der Waals surface area contributed by atoms with Crippen LogP contribution >= 0.6 is 0 Å². The molecule has 0 radical (unpaired) electrons. The third kappa shape index (κ3) is 1.82. The largest absolute Gasteiger partial charge is 0.291 e. The number of fused-ring (bicyclic) bond motifs is 1. The molecule has 0 bridgehead atoms. The zero-order valence-corrected chi connectivity index (χ0v) is 11.1. The third-order valence-electron chi connectivity index (χ3n) is 3.53. The first-order valence-electron chi connectivity index (χ1n) is 6.38. The molecule has 3 heterocycles. The van der Waals surface area contributed by atoms with Crippen LogP contribution in [0.4, 0.5) is 0 Å². The van der Waals surface area contributed by atoms with Crippen molar-refractivity contribution in [1.29, 1.82) is 0 Å². The van der Waals surface area contributed by atoms with Crippen LogP contribution in [0.15, 0.2) is 24.5 Å². The van der Waals surface area contributed by atoms with E-state index in [0.717, 1.165) is 24.5 Å². The van der Waals surface area contributed by atoms with Gasteiger partial charge in [0.15, 0.2) is 5.82 Å². The summed E-state index contributed by atoms with van der Waals surface area (Å²) < 4.78 is 1.91. The van der Waals surface area contributed by atoms with Crippen LogP contribution < -0.4 is 0 Å². The van der Waals surface area contributed by atoms with Gasteiger partial charge in [0.2, 0.25) is 0 Å². The summed E-state index contributed by atoms with van der Waals surface area (Å²) >= 11 is 0. The van der Waals surface area contributed by atoms with E-state index in [-0.39, 0.29) is 0 Å². The molecule has 1 aliphatic heterocycles. The van der Waals surface area contributed by atoms with E-state index in [9.17, 15) is 0 Å². The van der Waals surface area contributed by atoms with Crippen LogP contribution in [0, 0.1) is 6.92 Å². The van der Waals surface area contributed by atoms with E-state index in [4.69, 9.17) is 0 Å². The van der Waals surface area contributed by atoms with Gasteiger partial charge in [-0.3, -0.25) is 4.90 Å².